The van der Waals surface area contributed by atoms with Crippen LogP contribution in [0.1, 0.15) is 26.7 Å². The number of aliphatic hydroxyl groups is 1. The maximum atomic E-state index is 11.4. The summed E-state index contributed by atoms with van der Waals surface area (Å²) in [5, 5.41) is 9.92. The second-order valence-corrected chi connectivity index (χ2v) is 4.52. The molecule has 0 amide bonds. The van der Waals surface area contributed by atoms with E-state index in [-0.39, 0.29) is 29.8 Å². The third-order valence-corrected chi connectivity index (χ3v) is 3.02. The Bertz CT molecular complexity index is 245. The molecular weight excluding hydrogens is 192 g/mol. The standard InChI is InChI=1S/C12H20O3/c1-8(2)11(13)9-5-4-6-10(7-9)12(14)15-3/h4-5,8-11,13H,6-7H2,1-3H3/t9-,10+,11+/m0/s1. The van der Waals surface area contributed by atoms with E-state index in [0.717, 1.165) is 6.42 Å². The molecule has 3 nitrogen and oxygen atoms in total. The van der Waals surface area contributed by atoms with Gasteiger partial charge in [-0.1, -0.05) is 26.0 Å². The van der Waals surface area contributed by atoms with Crippen molar-refractivity contribution in [3.63, 3.8) is 0 Å². The van der Waals surface area contributed by atoms with Gasteiger partial charge < -0.3 is 9.84 Å². The van der Waals surface area contributed by atoms with Crippen molar-refractivity contribution < 1.29 is 14.6 Å². The monoisotopic (exact) mass is 212 g/mol. The molecule has 0 radical (unpaired) electrons. The van der Waals surface area contributed by atoms with Gasteiger partial charge in [0.15, 0.2) is 0 Å². The molecule has 0 saturated heterocycles. The molecule has 3 atom stereocenters. The van der Waals surface area contributed by atoms with Crippen LogP contribution in [0.15, 0.2) is 12.2 Å². The second-order valence-electron chi connectivity index (χ2n) is 4.52. The highest BCUT2D eigenvalue weighted by molar-refractivity contribution is 5.72. The quantitative estimate of drug-likeness (QED) is 0.572. The Hall–Kier alpha value is -0.830. The van der Waals surface area contributed by atoms with E-state index < -0.39 is 0 Å². The first-order chi connectivity index (χ1) is 7.06. The first-order valence-corrected chi connectivity index (χ1v) is 5.48. The maximum Gasteiger partial charge on any atom is 0.308 e. The Kier molecular flexibility index (Phi) is 4.33. The number of methoxy groups -OCH3 is 1. The highest BCUT2D eigenvalue weighted by Gasteiger charge is 2.29. The van der Waals surface area contributed by atoms with E-state index in [1.54, 1.807) is 0 Å². The zero-order valence-electron chi connectivity index (χ0n) is 9.64. The molecule has 1 aliphatic carbocycles. The summed E-state index contributed by atoms with van der Waals surface area (Å²) in [6, 6.07) is 0. The lowest BCUT2D eigenvalue weighted by Gasteiger charge is -2.28. The van der Waals surface area contributed by atoms with Gasteiger partial charge in [0.2, 0.25) is 0 Å². The van der Waals surface area contributed by atoms with E-state index in [0.29, 0.717) is 6.42 Å². The lowest BCUT2D eigenvalue weighted by atomic mass is 9.80. The summed E-state index contributed by atoms with van der Waals surface area (Å²) in [6.45, 7) is 3.97. The van der Waals surface area contributed by atoms with Gasteiger partial charge >= 0.3 is 5.97 Å². The van der Waals surface area contributed by atoms with Crippen LogP contribution in [0.25, 0.3) is 0 Å². The van der Waals surface area contributed by atoms with Gasteiger partial charge in [0.25, 0.3) is 0 Å². The van der Waals surface area contributed by atoms with Crippen LogP contribution in [0.2, 0.25) is 0 Å². The number of aliphatic hydroxyl groups excluding tert-OH is 1. The second kappa shape index (κ2) is 5.31. The summed E-state index contributed by atoms with van der Waals surface area (Å²) in [6.07, 6.45) is 5.05. The van der Waals surface area contributed by atoms with Crippen molar-refractivity contribution in [1.29, 1.82) is 0 Å². The van der Waals surface area contributed by atoms with Crippen LogP contribution in [-0.2, 0) is 9.53 Å². The molecule has 1 aliphatic rings. The fraction of sp³-hybridized carbons (Fsp3) is 0.750. The molecule has 15 heavy (non-hydrogen) atoms. The van der Waals surface area contributed by atoms with E-state index in [1.165, 1.54) is 7.11 Å². The number of hydrogen-bond donors (Lipinski definition) is 1. The molecule has 0 aromatic rings. The minimum atomic E-state index is -0.367. The largest absolute Gasteiger partial charge is 0.469 e. The minimum absolute atomic E-state index is 0.0848. The number of carbonyl (C=O) groups excluding carboxylic acids is 1. The lowest BCUT2D eigenvalue weighted by Crippen LogP contribution is -2.31. The molecule has 0 unspecified atom stereocenters. The van der Waals surface area contributed by atoms with Crippen molar-refractivity contribution in [1.82, 2.24) is 0 Å². The first-order valence-electron chi connectivity index (χ1n) is 5.48. The zero-order valence-corrected chi connectivity index (χ0v) is 9.64. The number of carbonyl (C=O) groups is 1. The van der Waals surface area contributed by atoms with Crippen LogP contribution in [0.4, 0.5) is 0 Å². The summed E-state index contributed by atoms with van der Waals surface area (Å²) >= 11 is 0. The van der Waals surface area contributed by atoms with Crippen LogP contribution in [0, 0.1) is 17.8 Å². The summed E-state index contributed by atoms with van der Waals surface area (Å²) in [4.78, 5) is 11.4. The third kappa shape index (κ3) is 3.06. The number of esters is 1. The summed E-state index contributed by atoms with van der Waals surface area (Å²) in [5.74, 6) is 0.0533. The number of rotatable bonds is 3. The van der Waals surface area contributed by atoms with Gasteiger partial charge in [-0.3, -0.25) is 4.79 Å². The molecule has 1 N–H and O–H groups in total. The average molecular weight is 212 g/mol. The highest BCUT2D eigenvalue weighted by atomic mass is 16.5. The molecule has 3 heteroatoms. The van der Waals surface area contributed by atoms with Crippen molar-refractivity contribution in [3.8, 4) is 0 Å². The van der Waals surface area contributed by atoms with Gasteiger partial charge in [0, 0.05) is 5.92 Å². The van der Waals surface area contributed by atoms with E-state index in [4.69, 9.17) is 4.74 Å². The zero-order chi connectivity index (χ0) is 11.4. The van der Waals surface area contributed by atoms with Crippen LogP contribution < -0.4 is 0 Å². The Morgan fingerprint density at radius 2 is 2.20 bits per heavy atom. The van der Waals surface area contributed by atoms with E-state index in [2.05, 4.69) is 0 Å². The molecule has 86 valence electrons. The topological polar surface area (TPSA) is 46.5 Å². The van der Waals surface area contributed by atoms with Gasteiger partial charge in [-0.15, -0.1) is 0 Å². The van der Waals surface area contributed by atoms with Crippen molar-refractivity contribution >= 4 is 5.97 Å². The van der Waals surface area contributed by atoms with Crippen LogP contribution >= 0.6 is 0 Å². The molecule has 0 saturated carbocycles. The van der Waals surface area contributed by atoms with Crippen LogP contribution in [0.5, 0.6) is 0 Å². The van der Waals surface area contributed by atoms with E-state index in [9.17, 15) is 9.90 Å². The summed E-state index contributed by atoms with van der Waals surface area (Å²) in [5.41, 5.74) is 0. The lowest BCUT2D eigenvalue weighted by molar-refractivity contribution is -0.146. The number of hydrogen-bond acceptors (Lipinski definition) is 3. The summed E-state index contributed by atoms with van der Waals surface area (Å²) in [7, 11) is 1.41. The predicted octanol–water partition coefficient (Wildman–Crippen LogP) is 1.76. The SMILES string of the molecule is COC(=O)[C@@H]1CC=C[C@H]([C@H](O)C(C)C)C1. The molecule has 0 aromatic heterocycles. The van der Waals surface area contributed by atoms with Gasteiger partial charge in [-0.25, -0.2) is 0 Å². The molecule has 0 aromatic carbocycles. The van der Waals surface area contributed by atoms with Crippen LogP contribution in [-0.4, -0.2) is 24.3 Å². The van der Waals surface area contributed by atoms with Crippen molar-refractivity contribution in [3.05, 3.63) is 12.2 Å². The number of ether oxygens (including phenoxy) is 1. The summed E-state index contributed by atoms with van der Waals surface area (Å²) < 4.78 is 4.72. The van der Waals surface area contributed by atoms with Gasteiger partial charge in [-0.05, 0) is 18.8 Å². The Morgan fingerprint density at radius 3 is 2.73 bits per heavy atom. The molecule has 0 fully saturated rings. The van der Waals surface area contributed by atoms with Crippen molar-refractivity contribution in [2.24, 2.45) is 17.8 Å². The third-order valence-electron chi connectivity index (χ3n) is 3.02. The maximum absolute atomic E-state index is 11.4. The molecule has 0 bridgehead atoms. The molecular formula is C12H20O3. The van der Waals surface area contributed by atoms with Crippen LogP contribution in [0.3, 0.4) is 0 Å². The Labute approximate surface area is 91.1 Å². The first kappa shape index (κ1) is 12.2. The van der Waals surface area contributed by atoms with Gasteiger partial charge in [-0.2, -0.15) is 0 Å². The average Bonchev–Trinajstić information content (AvgIpc) is 2.27. The van der Waals surface area contributed by atoms with E-state index >= 15 is 0 Å². The number of allylic oxidation sites excluding steroid dienone is 1. The van der Waals surface area contributed by atoms with Gasteiger partial charge in [0.1, 0.15) is 0 Å². The fourth-order valence-corrected chi connectivity index (χ4v) is 2.03. The normalized spacial score (nSPS) is 27.8. The molecule has 1 rings (SSSR count). The van der Waals surface area contributed by atoms with E-state index in [1.807, 2.05) is 26.0 Å². The Balaban J connectivity index is 2.60. The van der Waals surface area contributed by atoms with Crippen molar-refractivity contribution in [2.75, 3.05) is 7.11 Å². The molecule has 0 heterocycles. The smallest absolute Gasteiger partial charge is 0.308 e. The highest BCUT2D eigenvalue weighted by Crippen LogP contribution is 2.29. The fourth-order valence-electron chi connectivity index (χ4n) is 2.03. The predicted molar refractivity (Wildman–Crippen MR) is 58.2 cm³/mol. The molecule has 0 aliphatic heterocycles. The minimum Gasteiger partial charge on any atom is -0.469 e. The molecule has 0 spiro atoms. The Morgan fingerprint density at radius 1 is 1.53 bits per heavy atom. The van der Waals surface area contributed by atoms with Crippen molar-refractivity contribution in [2.45, 2.75) is 32.8 Å². The van der Waals surface area contributed by atoms with Gasteiger partial charge in [0.05, 0.1) is 19.1 Å².